The molecule has 0 bridgehead atoms. The maximum absolute atomic E-state index is 12.7. The molecule has 0 heterocycles. The zero-order chi connectivity index (χ0) is 42.0. The summed E-state index contributed by atoms with van der Waals surface area (Å²) in [6.45, 7) is 5.47. The van der Waals surface area contributed by atoms with Crippen LogP contribution in [0.2, 0.25) is 0 Å². The number of hydrogen-bond acceptors (Lipinski definition) is 6. The van der Waals surface area contributed by atoms with Crippen molar-refractivity contribution < 1.29 is 37.3 Å². The van der Waals surface area contributed by atoms with Crippen LogP contribution in [0.3, 0.4) is 0 Å². The lowest BCUT2D eigenvalue weighted by Crippen LogP contribution is -2.37. The number of nitrogens with zero attached hydrogens (tertiary/aromatic N) is 1. The molecular weight excluding hydrogens is 734 g/mol. The third kappa shape index (κ3) is 45.4. The highest BCUT2D eigenvalue weighted by Gasteiger charge is 2.26. The van der Waals surface area contributed by atoms with E-state index < -0.39 is 13.9 Å². The molecule has 0 amide bonds. The molecule has 8 nitrogen and oxygen atoms in total. The van der Waals surface area contributed by atoms with Crippen LogP contribution in [0.4, 0.5) is 0 Å². The van der Waals surface area contributed by atoms with E-state index in [2.05, 4.69) is 62.5 Å². The molecule has 0 aromatic carbocycles. The first-order valence-electron chi connectivity index (χ1n) is 23.4. The van der Waals surface area contributed by atoms with E-state index in [1.807, 2.05) is 21.1 Å². The highest BCUT2D eigenvalue weighted by molar-refractivity contribution is 7.47. The lowest BCUT2D eigenvalue weighted by atomic mass is 10.0. The van der Waals surface area contributed by atoms with Gasteiger partial charge in [-0.3, -0.25) is 13.8 Å². The topological polar surface area (TPSA) is 91.3 Å². The number of unbranched alkanes of at least 4 members (excludes halogenated alkanes) is 21. The van der Waals surface area contributed by atoms with Crippen LogP contribution in [0, 0.1) is 0 Å². The molecule has 0 saturated carbocycles. The monoisotopic (exact) mass is 825 g/mol. The number of quaternary nitrogens is 1. The minimum Gasteiger partial charge on any atom is -0.457 e. The van der Waals surface area contributed by atoms with Crippen molar-refractivity contribution in [2.45, 2.75) is 200 Å². The van der Waals surface area contributed by atoms with E-state index in [0.717, 1.165) is 51.4 Å². The average Bonchev–Trinajstić information content (AvgIpc) is 3.16. The van der Waals surface area contributed by atoms with Crippen LogP contribution in [-0.4, -0.2) is 75.6 Å². The standard InChI is InChI=1S/C48H90NO7P/c1-6-8-10-12-14-16-18-20-22-23-24-25-26-28-30-32-34-36-38-40-43-53-45-47(46-55-57(51,52)54-44-42-49(3,4)5)56-48(50)41-39-37-35-33-31-29-27-21-19-17-15-13-11-9-7-2/h9,11,15,17,21,27,31,33,47H,6-8,10,12-14,16,18-20,22-26,28-30,32,34-46H2,1-5H3/p+1/b11-9-,17-15-,27-21-,33-31-. The van der Waals surface area contributed by atoms with E-state index in [1.54, 1.807) is 0 Å². The molecule has 9 heteroatoms. The molecular formula is C48H91NO7P+. The van der Waals surface area contributed by atoms with Gasteiger partial charge in [0.15, 0.2) is 0 Å². The Morgan fingerprint density at radius 1 is 0.561 bits per heavy atom. The smallest absolute Gasteiger partial charge is 0.457 e. The molecule has 0 aliphatic heterocycles. The molecule has 0 saturated heterocycles. The SMILES string of the molecule is CC/C=C\C/C=C\C/C=C\C/C=C\CCCCC(=O)OC(COCCCCCCCCCCCCCCCCCCCCCC)COP(=O)(O)OCC[N+](C)(C)C. The van der Waals surface area contributed by atoms with Crippen molar-refractivity contribution >= 4 is 13.8 Å². The van der Waals surface area contributed by atoms with Crippen LogP contribution in [0.15, 0.2) is 48.6 Å². The van der Waals surface area contributed by atoms with Crippen molar-refractivity contribution in [3.63, 3.8) is 0 Å². The maximum Gasteiger partial charge on any atom is 0.472 e. The van der Waals surface area contributed by atoms with Gasteiger partial charge in [-0.05, 0) is 51.4 Å². The van der Waals surface area contributed by atoms with E-state index in [1.165, 1.54) is 116 Å². The van der Waals surface area contributed by atoms with Gasteiger partial charge in [-0.2, -0.15) is 0 Å². The summed E-state index contributed by atoms with van der Waals surface area (Å²) in [5.74, 6) is -0.352. The summed E-state index contributed by atoms with van der Waals surface area (Å²) >= 11 is 0. The van der Waals surface area contributed by atoms with Crippen LogP contribution < -0.4 is 0 Å². The van der Waals surface area contributed by atoms with E-state index in [9.17, 15) is 14.3 Å². The fourth-order valence-corrected chi connectivity index (χ4v) is 7.05. The van der Waals surface area contributed by atoms with Crippen LogP contribution in [0.1, 0.15) is 194 Å². The van der Waals surface area contributed by atoms with E-state index in [0.29, 0.717) is 24.1 Å². The summed E-state index contributed by atoms with van der Waals surface area (Å²) in [4.78, 5) is 22.9. The van der Waals surface area contributed by atoms with Crippen LogP contribution in [0.25, 0.3) is 0 Å². The van der Waals surface area contributed by atoms with Crippen molar-refractivity contribution in [1.29, 1.82) is 0 Å². The summed E-state index contributed by atoms with van der Waals surface area (Å²) in [5, 5.41) is 0. The Kier molecular flexibility index (Phi) is 40.1. The first-order chi connectivity index (χ1) is 27.6. The molecule has 0 aromatic rings. The summed E-state index contributed by atoms with van der Waals surface area (Å²) in [7, 11) is 1.64. The molecule has 0 aliphatic rings. The number of rotatable bonds is 43. The van der Waals surface area contributed by atoms with E-state index >= 15 is 0 Å². The number of carbonyl (C=O) groups is 1. The third-order valence-electron chi connectivity index (χ3n) is 9.90. The second-order valence-corrected chi connectivity index (χ2v) is 18.2. The van der Waals surface area contributed by atoms with Gasteiger partial charge < -0.3 is 18.9 Å². The van der Waals surface area contributed by atoms with Crippen LogP contribution in [0.5, 0.6) is 0 Å². The number of phosphoric ester groups is 1. The second-order valence-electron chi connectivity index (χ2n) is 16.8. The second kappa shape index (κ2) is 41.2. The van der Waals surface area contributed by atoms with Crippen molar-refractivity contribution in [3.05, 3.63) is 48.6 Å². The van der Waals surface area contributed by atoms with Crippen LogP contribution in [-0.2, 0) is 27.9 Å². The number of allylic oxidation sites excluding steroid dienone is 8. The summed E-state index contributed by atoms with van der Waals surface area (Å²) < 4.78 is 35.0. The Balaban J connectivity index is 4.21. The lowest BCUT2D eigenvalue weighted by Gasteiger charge is -2.24. The first kappa shape index (κ1) is 55.5. The predicted octanol–water partition coefficient (Wildman–Crippen LogP) is 13.9. The molecule has 0 aliphatic carbocycles. The maximum atomic E-state index is 12.7. The molecule has 2 atom stereocenters. The van der Waals surface area contributed by atoms with E-state index in [4.69, 9.17) is 18.5 Å². The van der Waals surface area contributed by atoms with Gasteiger partial charge in [0, 0.05) is 13.0 Å². The average molecular weight is 825 g/mol. The Morgan fingerprint density at radius 3 is 1.49 bits per heavy atom. The zero-order valence-corrected chi connectivity index (χ0v) is 38.7. The van der Waals surface area contributed by atoms with Crippen LogP contribution >= 0.6 is 7.82 Å². The first-order valence-corrected chi connectivity index (χ1v) is 24.9. The molecule has 0 fully saturated rings. The number of hydrogen-bond donors (Lipinski definition) is 1. The fraction of sp³-hybridized carbons (Fsp3) is 0.812. The quantitative estimate of drug-likeness (QED) is 0.0215. The normalized spacial score (nSPS) is 14.1. The van der Waals surface area contributed by atoms with Gasteiger partial charge in [-0.1, -0.05) is 184 Å². The minimum absolute atomic E-state index is 0.0803. The molecule has 334 valence electrons. The zero-order valence-electron chi connectivity index (χ0n) is 37.8. The number of likely N-dealkylation sites (N-methyl/N-ethyl adjacent to an activating group) is 1. The van der Waals surface area contributed by atoms with Gasteiger partial charge in [0.2, 0.25) is 0 Å². The number of carbonyl (C=O) groups excluding carboxylic acids is 1. The Bertz CT molecular complexity index is 1050. The van der Waals surface area contributed by atoms with Gasteiger partial charge in [0.1, 0.15) is 19.3 Å². The summed E-state index contributed by atoms with van der Waals surface area (Å²) in [6, 6.07) is 0. The van der Waals surface area contributed by atoms with Gasteiger partial charge in [-0.15, -0.1) is 0 Å². The molecule has 0 radical (unpaired) electrons. The van der Waals surface area contributed by atoms with Crippen molar-refractivity contribution in [2.75, 3.05) is 54.1 Å². The van der Waals surface area contributed by atoms with Crippen molar-refractivity contribution in [2.24, 2.45) is 0 Å². The van der Waals surface area contributed by atoms with Gasteiger partial charge in [0.05, 0.1) is 34.4 Å². The minimum atomic E-state index is -4.29. The summed E-state index contributed by atoms with van der Waals surface area (Å²) in [6.07, 6.45) is 50.2. The van der Waals surface area contributed by atoms with Gasteiger partial charge in [0.25, 0.3) is 0 Å². The number of esters is 1. The molecule has 1 N–H and O–H groups in total. The largest absolute Gasteiger partial charge is 0.472 e. The third-order valence-corrected chi connectivity index (χ3v) is 10.9. The predicted molar refractivity (Wildman–Crippen MR) is 243 cm³/mol. The molecule has 0 spiro atoms. The number of phosphoric acid groups is 1. The summed E-state index contributed by atoms with van der Waals surface area (Å²) in [5.41, 5.74) is 0. The highest BCUT2D eigenvalue weighted by Crippen LogP contribution is 2.43. The Hall–Kier alpha value is -1.54. The van der Waals surface area contributed by atoms with Gasteiger partial charge >= 0.3 is 13.8 Å². The Morgan fingerprint density at radius 2 is 1.02 bits per heavy atom. The van der Waals surface area contributed by atoms with Crippen molar-refractivity contribution in [1.82, 2.24) is 0 Å². The lowest BCUT2D eigenvalue weighted by molar-refractivity contribution is -0.870. The molecule has 0 rings (SSSR count). The van der Waals surface area contributed by atoms with Gasteiger partial charge in [-0.25, -0.2) is 4.57 Å². The Labute approximate surface area is 352 Å². The molecule has 0 aromatic heterocycles. The fourth-order valence-electron chi connectivity index (χ4n) is 6.31. The number of ether oxygens (including phenoxy) is 2. The van der Waals surface area contributed by atoms with Crippen molar-refractivity contribution in [3.8, 4) is 0 Å². The highest BCUT2D eigenvalue weighted by atomic mass is 31.2. The molecule has 2 unspecified atom stereocenters. The molecule has 57 heavy (non-hydrogen) atoms. The van der Waals surface area contributed by atoms with E-state index in [-0.39, 0.29) is 32.2 Å².